The fourth-order valence-corrected chi connectivity index (χ4v) is 4.45. The number of benzene rings is 2. The van der Waals surface area contributed by atoms with Crippen LogP contribution in [0.4, 0.5) is 17.1 Å². The number of ether oxygens (including phenoxy) is 1. The quantitative estimate of drug-likeness (QED) is 0.788. The number of hydrogen-bond acceptors (Lipinski definition) is 4. The van der Waals surface area contributed by atoms with Gasteiger partial charge in [-0.3, -0.25) is 14.6 Å². The van der Waals surface area contributed by atoms with Crippen molar-refractivity contribution in [3.8, 4) is 5.75 Å². The summed E-state index contributed by atoms with van der Waals surface area (Å²) in [4.78, 5) is 34.8. The molecular weight excluding hydrogens is 366 g/mol. The van der Waals surface area contributed by atoms with Gasteiger partial charge in [0, 0.05) is 5.71 Å². The van der Waals surface area contributed by atoms with Crippen molar-refractivity contribution in [2.24, 2.45) is 10.9 Å². The Balaban J connectivity index is 1.48. The summed E-state index contributed by atoms with van der Waals surface area (Å²) < 4.78 is 5.71. The predicted octanol–water partition coefficient (Wildman–Crippen LogP) is 3.64. The topological polar surface area (TPSA) is 62.2 Å². The molecule has 0 N–H and O–H groups in total. The van der Waals surface area contributed by atoms with Gasteiger partial charge in [-0.05, 0) is 56.0 Å². The Bertz CT molecular complexity index is 1030. The molecule has 6 nitrogen and oxygen atoms in total. The van der Waals surface area contributed by atoms with E-state index in [0.717, 1.165) is 41.9 Å². The summed E-state index contributed by atoms with van der Waals surface area (Å²) in [7, 11) is 0. The summed E-state index contributed by atoms with van der Waals surface area (Å²) in [6.07, 6.45) is 2.62. The third-order valence-electron chi connectivity index (χ3n) is 5.90. The van der Waals surface area contributed by atoms with E-state index in [1.54, 1.807) is 9.80 Å². The second-order valence-corrected chi connectivity index (χ2v) is 7.83. The number of carbonyl (C=O) groups is 2. The number of aryl methyl sites for hydroxylation is 1. The lowest BCUT2D eigenvalue weighted by molar-refractivity contribution is -0.123. The lowest BCUT2D eigenvalue weighted by Crippen LogP contribution is -2.47. The van der Waals surface area contributed by atoms with Crippen molar-refractivity contribution >= 4 is 34.6 Å². The van der Waals surface area contributed by atoms with Gasteiger partial charge in [0.1, 0.15) is 18.9 Å². The van der Waals surface area contributed by atoms with Crippen molar-refractivity contribution in [1.29, 1.82) is 0 Å². The van der Waals surface area contributed by atoms with Gasteiger partial charge in [0.05, 0.1) is 29.5 Å². The van der Waals surface area contributed by atoms with Gasteiger partial charge < -0.3 is 14.5 Å². The molecule has 1 atom stereocenters. The van der Waals surface area contributed by atoms with Crippen molar-refractivity contribution in [3.63, 3.8) is 0 Å². The minimum absolute atomic E-state index is 0.00251. The highest BCUT2D eigenvalue weighted by Crippen LogP contribution is 2.38. The molecule has 0 bridgehead atoms. The molecule has 0 aromatic heterocycles. The Labute approximate surface area is 169 Å². The zero-order valence-electron chi connectivity index (χ0n) is 16.4. The largest absolute Gasteiger partial charge is 0.490 e. The highest BCUT2D eigenvalue weighted by molar-refractivity contribution is 6.17. The fraction of sp³-hybridized carbons (Fsp3) is 0.348. The molecule has 0 unspecified atom stereocenters. The number of fused-ring (bicyclic) bond motifs is 3. The number of para-hydroxylation sites is 2. The summed E-state index contributed by atoms with van der Waals surface area (Å²) in [6, 6.07) is 13.4. The van der Waals surface area contributed by atoms with Crippen LogP contribution < -0.4 is 14.5 Å². The van der Waals surface area contributed by atoms with Crippen LogP contribution in [0.25, 0.3) is 0 Å². The van der Waals surface area contributed by atoms with Gasteiger partial charge in [0.2, 0.25) is 11.8 Å². The van der Waals surface area contributed by atoms with Gasteiger partial charge in [0.15, 0.2) is 0 Å². The van der Waals surface area contributed by atoms with Crippen LogP contribution in [0, 0.1) is 12.8 Å². The number of rotatable bonds is 2. The molecule has 1 saturated carbocycles. The molecule has 5 rings (SSSR count). The zero-order chi connectivity index (χ0) is 20.0. The highest BCUT2D eigenvalue weighted by atomic mass is 16.5. The van der Waals surface area contributed by atoms with E-state index >= 15 is 0 Å². The van der Waals surface area contributed by atoms with Crippen LogP contribution in [-0.4, -0.2) is 37.2 Å². The molecule has 2 heterocycles. The molecule has 148 valence electrons. The van der Waals surface area contributed by atoms with Gasteiger partial charge in [-0.1, -0.05) is 18.2 Å². The normalized spacial score (nSPS) is 20.2. The molecule has 0 saturated heterocycles. The standard InChI is InChI=1S/C23H23N3O3/c1-15-9-10-21-20(13-15)25(11-12-29-21)22(27)14-26-19-8-3-2-6-18(19)24-17-7-4-5-16(17)23(26)28/h2-3,6,8-10,13,16H,4-5,7,11-12,14H2,1H3/t16-/m0/s1. The Kier molecular flexibility index (Phi) is 4.34. The van der Waals surface area contributed by atoms with E-state index in [2.05, 4.69) is 0 Å². The Morgan fingerprint density at radius 3 is 2.97 bits per heavy atom. The van der Waals surface area contributed by atoms with E-state index < -0.39 is 0 Å². The van der Waals surface area contributed by atoms with Gasteiger partial charge >= 0.3 is 0 Å². The molecule has 0 radical (unpaired) electrons. The summed E-state index contributed by atoms with van der Waals surface area (Å²) in [5.41, 5.74) is 4.27. The fourth-order valence-electron chi connectivity index (χ4n) is 4.45. The first kappa shape index (κ1) is 17.9. The van der Waals surface area contributed by atoms with Crippen LogP contribution in [0.5, 0.6) is 5.75 Å². The maximum Gasteiger partial charge on any atom is 0.247 e. The maximum absolute atomic E-state index is 13.4. The van der Waals surface area contributed by atoms with Gasteiger partial charge in [-0.25, -0.2) is 0 Å². The van der Waals surface area contributed by atoms with E-state index in [0.29, 0.717) is 24.6 Å². The first-order valence-electron chi connectivity index (χ1n) is 10.1. The number of amides is 2. The van der Waals surface area contributed by atoms with Gasteiger partial charge in [-0.15, -0.1) is 0 Å². The minimum atomic E-state index is -0.214. The molecule has 0 spiro atoms. The van der Waals surface area contributed by atoms with Crippen LogP contribution in [0.3, 0.4) is 0 Å². The average Bonchev–Trinajstić information content (AvgIpc) is 3.16. The van der Waals surface area contributed by atoms with E-state index in [1.165, 1.54) is 0 Å². The molecule has 2 aliphatic heterocycles. The number of hydrogen-bond donors (Lipinski definition) is 0. The van der Waals surface area contributed by atoms with E-state index in [4.69, 9.17) is 9.73 Å². The van der Waals surface area contributed by atoms with Crippen molar-refractivity contribution in [3.05, 3.63) is 48.0 Å². The van der Waals surface area contributed by atoms with Crippen LogP contribution in [0.1, 0.15) is 24.8 Å². The first-order chi connectivity index (χ1) is 14.1. The number of carbonyl (C=O) groups excluding carboxylic acids is 2. The number of anilines is 2. The number of nitrogens with zero attached hydrogens (tertiary/aromatic N) is 3. The van der Waals surface area contributed by atoms with Crippen LogP contribution in [0.15, 0.2) is 47.5 Å². The second kappa shape index (κ2) is 7.03. The molecule has 1 fully saturated rings. The van der Waals surface area contributed by atoms with Crippen LogP contribution in [-0.2, 0) is 9.59 Å². The molecule has 2 amide bonds. The third kappa shape index (κ3) is 3.09. The lowest BCUT2D eigenvalue weighted by Gasteiger charge is -2.32. The molecule has 6 heteroatoms. The van der Waals surface area contributed by atoms with E-state index in [-0.39, 0.29) is 24.3 Å². The molecule has 1 aliphatic carbocycles. The number of aliphatic imine (C=N–C) groups is 1. The van der Waals surface area contributed by atoms with E-state index in [1.807, 2.05) is 49.4 Å². The highest BCUT2D eigenvalue weighted by Gasteiger charge is 2.38. The molecule has 2 aromatic carbocycles. The summed E-state index contributed by atoms with van der Waals surface area (Å²) in [5.74, 6) is 0.371. The molecule has 3 aliphatic rings. The summed E-state index contributed by atoms with van der Waals surface area (Å²) in [5, 5.41) is 0. The zero-order valence-corrected chi connectivity index (χ0v) is 16.4. The van der Waals surface area contributed by atoms with E-state index in [9.17, 15) is 9.59 Å². The van der Waals surface area contributed by atoms with Crippen molar-refractivity contribution in [2.75, 3.05) is 29.5 Å². The van der Waals surface area contributed by atoms with Crippen LogP contribution >= 0.6 is 0 Å². The van der Waals surface area contributed by atoms with Crippen LogP contribution in [0.2, 0.25) is 0 Å². The molecular formula is C23H23N3O3. The average molecular weight is 389 g/mol. The Hall–Kier alpha value is -3.15. The Morgan fingerprint density at radius 2 is 2.07 bits per heavy atom. The SMILES string of the molecule is Cc1ccc2c(c1)N(C(=O)CN1C(=O)[C@H]3CCCC3=Nc3ccccc31)CCO2. The molecule has 2 aromatic rings. The van der Waals surface area contributed by atoms with Crippen molar-refractivity contribution in [1.82, 2.24) is 0 Å². The second-order valence-electron chi connectivity index (χ2n) is 7.83. The first-order valence-corrected chi connectivity index (χ1v) is 10.1. The Morgan fingerprint density at radius 1 is 1.21 bits per heavy atom. The van der Waals surface area contributed by atoms with Gasteiger partial charge in [0.25, 0.3) is 0 Å². The predicted molar refractivity (Wildman–Crippen MR) is 112 cm³/mol. The monoisotopic (exact) mass is 389 g/mol. The van der Waals surface area contributed by atoms with Crippen molar-refractivity contribution < 1.29 is 14.3 Å². The summed E-state index contributed by atoms with van der Waals surface area (Å²) in [6.45, 7) is 2.92. The lowest BCUT2D eigenvalue weighted by atomic mass is 10.0. The van der Waals surface area contributed by atoms with Crippen molar-refractivity contribution in [2.45, 2.75) is 26.2 Å². The van der Waals surface area contributed by atoms with Gasteiger partial charge in [-0.2, -0.15) is 0 Å². The molecule has 29 heavy (non-hydrogen) atoms. The maximum atomic E-state index is 13.4. The summed E-state index contributed by atoms with van der Waals surface area (Å²) >= 11 is 0. The minimum Gasteiger partial charge on any atom is -0.490 e. The smallest absolute Gasteiger partial charge is 0.247 e. The third-order valence-corrected chi connectivity index (χ3v) is 5.90.